The highest BCUT2D eigenvalue weighted by Crippen LogP contribution is 2.28. The van der Waals surface area contributed by atoms with Crippen LogP contribution in [0.15, 0.2) is 36.4 Å². The van der Waals surface area contributed by atoms with Crippen LogP contribution >= 0.6 is 0 Å². The lowest BCUT2D eigenvalue weighted by Gasteiger charge is -2.12. The summed E-state index contributed by atoms with van der Waals surface area (Å²) in [6.07, 6.45) is 3.65. The van der Waals surface area contributed by atoms with Gasteiger partial charge in [0.15, 0.2) is 36.2 Å². The first-order valence-corrected chi connectivity index (χ1v) is 11.5. The van der Waals surface area contributed by atoms with Crippen molar-refractivity contribution in [3.8, 4) is 23.0 Å². The molecule has 186 valence electrons. The molecule has 8 nitrogen and oxygen atoms in total. The largest absolute Gasteiger partial charge is 0.493 e. The number of amides is 2. The smallest absolute Gasteiger partial charge is 0.257 e. The maximum atomic E-state index is 12.0. The molecule has 2 N–H and O–H groups in total. The van der Waals surface area contributed by atoms with Crippen molar-refractivity contribution >= 4 is 11.8 Å². The van der Waals surface area contributed by atoms with Crippen LogP contribution in [0.5, 0.6) is 23.0 Å². The van der Waals surface area contributed by atoms with E-state index >= 15 is 0 Å². The lowest BCUT2D eigenvalue weighted by molar-refractivity contribution is -0.123. The zero-order valence-corrected chi connectivity index (χ0v) is 20.6. The first kappa shape index (κ1) is 26.8. The van der Waals surface area contributed by atoms with Crippen molar-refractivity contribution in [1.29, 1.82) is 0 Å². The van der Waals surface area contributed by atoms with Crippen LogP contribution in [0.1, 0.15) is 36.8 Å². The van der Waals surface area contributed by atoms with Gasteiger partial charge in [0.1, 0.15) is 0 Å². The number of hydrogen-bond acceptors (Lipinski definition) is 6. The summed E-state index contributed by atoms with van der Waals surface area (Å²) in [5.41, 5.74) is 2.12. The fourth-order valence-electron chi connectivity index (χ4n) is 3.24. The number of carbonyl (C=O) groups excluding carboxylic acids is 2. The van der Waals surface area contributed by atoms with Gasteiger partial charge in [-0.3, -0.25) is 9.59 Å². The molecule has 0 unspecified atom stereocenters. The van der Waals surface area contributed by atoms with Gasteiger partial charge < -0.3 is 29.6 Å². The van der Waals surface area contributed by atoms with Crippen LogP contribution in [0.4, 0.5) is 0 Å². The van der Waals surface area contributed by atoms with Gasteiger partial charge in [0.25, 0.3) is 11.8 Å². The molecule has 0 heterocycles. The number of hydrogen-bond donors (Lipinski definition) is 2. The Morgan fingerprint density at radius 2 is 1.06 bits per heavy atom. The van der Waals surface area contributed by atoms with Gasteiger partial charge in [-0.1, -0.05) is 25.0 Å². The molecule has 0 aromatic heterocycles. The Labute approximate surface area is 201 Å². The lowest BCUT2D eigenvalue weighted by atomic mass is 10.2. The molecule has 2 aromatic rings. The van der Waals surface area contributed by atoms with Crippen LogP contribution in [0.2, 0.25) is 0 Å². The van der Waals surface area contributed by atoms with Crippen molar-refractivity contribution in [2.24, 2.45) is 0 Å². The van der Waals surface area contributed by atoms with Gasteiger partial charge in [-0.2, -0.15) is 0 Å². The van der Waals surface area contributed by atoms with Crippen molar-refractivity contribution in [3.05, 3.63) is 47.5 Å². The van der Waals surface area contributed by atoms with E-state index < -0.39 is 0 Å². The van der Waals surface area contributed by atoms with Gasteiger partial charge in [-0.05, 0) is 62.1 Å². The summed E-state index contributed by atoms with van der Waals surface area (Å²) < 4.78 is 21.6. The summed E-state index contributed by atoms with van der Waals surface area (Å²) in [4.78, 5) is 23.9. The SMILES string of the molecule is COc1cc(C)ccc1OCC(=O)NCCCCCCNC(=O)COc1ccc(C)cc1OC. The first-order valence-electron chi connectivity index (χ1n) is 11.5. The highest BCUT2D eigenvalue weighted by atomic mass is 16.5. The third-order valence-electron chi connectivity index (χ3n) is 5.10. The van der Waals surface area contributed by atoms with Gasteiger partial charge in [0.05, 0.1) is 14.2 Å². The van der Waals surface area contributed by atoms with E-state index in [0.29, 0.717) is 36.1 Å². The van der Waals surface area contributed by atoms with Crippen molar-refractivity contribution in [2.75, 3.05) is 40.5 Å². The van der Waals surface area contributed by atoms with Crippen LogP contribution in [-0.2, 0) is 9.59 Å². The monoisotopic (exact) mass is 472 g/mol. The fourth-order valence-corrected chi connectivity index (χ4v) is 3.24. The van der Waals surface area contributed by atoms with Gasteiger partial charge >= 0.3 is 0 Å². The fraction of sp³-hybridized carbons (Fsp3) is 0.462. The van der Waals surface area contributed by atoms with Gasteiger partial charge in [-0.25, -0.2) is 0 Å². The Bertz CT molecular complexity index is 856. The first-order chi connectivity index (χ1) is 16.4. The molecule has 2 aromatic carbocycles. The van der Waals surface area contributed by atoms with Crippen molar-refractivity contribution < 1.29 is 28.5 Å². The van der Waals surface area contributed by atoms with Crippen LogP contribution in [0, 0.1) is 13.8 Å². The molecule has 0 bridgehead atoms. The molecule has 0 spiro atoms. The van der Waals surface area contributed by atoms with E-state index in [2.05, 4.69) is 10.6 Å². The Morgan fingerprint density at radius 1 is 0.647 bits per heavy atom. The van der Waals surface area contributed by atoms with Crippen molar-refractivity contribution in [3.63, 3.8) is 0 Å². The summed E-state index contributed by atoms with van der Waals surface area (Å²) in [5, 5.41) is 5.71. The average Bonchev–Trinajstić information content (AvgIpc) is 2.83. The van der Waals surface area contributed by atoms with Crippen LogP contribution in [-0.4, -0.2) is 52.3 Å². The minimum atomic E-state index is -0.167. The topological polar surface area (TPSA) is 95.1 Å². The third-order valence-corrected chi connectivity index (χ3v) is 5.10. The van der Waals surface area contributed by atoms with E-state index in [-0.39, 0.29) is 25.0 Å². The molecule has 0 aliphatic rings. The average molecular weight is 473 g/mol. The molecule has 0 atom stereocenters. The third kappa shape index (κ3) is 9.60. The van der Waals surface area contributed by atoms with Gasteiger partial charge in [0.2, 0.25) is 0 Å². The number of rotatable bonds is 15. The Morgan fingerprint density at radius 3 is 1.44 bits per heavy atom. The van der Waals surface area contributed by atoms with E-state index in [0.717, 1.165) is 36.8 Å². The lowest BCUT2D eigenvalue weighted by Crippen LogP contribution is -2.30. The number of unbranched alkanes of at least 4 members (excludes halogenated alkanes) is 3. The molecule has 8 heteroatoms. The molecule has 2 rings (SSSR count). The second kappa shape index (κ2) is 14.7. The zero-order chi connectivity index (χ0) is 24.8. The second-order valence-electron chi connectivity index (χ2n) is 8.00. The maximum absolute atomic E-state index is 12.0. The van der Waals surface area contributed by atoms with Crippen LogP contribution in [0.25, 0.3) is 0 Å². The summed E-state index contributed by atoms with van der Waals surface area (Å²) in [6.45, 7) is 5.00. The zero-order valence-electron chi connectivity index (χ0n) is 20.6. The quantitative estimate of drug-likeness (QED) is 0.385. The van der Waals surface area contributed by atoms with E-state index in [1.54, 1.807) is 26.4 Å². The molecule has 0 radical (unpaired) electrons. The van der Waals surface area contributed by atoms with Crippen LogP contribution < -0.4 is 29.6 Å². The summed E-state index contributed by atoms with van der Waals surface area (Å²) >= 11 is 0. The number of aryl methyl sites for hydroxylation is 2. The maximum Gasteiger partial charge on any atom is 0.257 e. The molecule has 0 aliphatic carbocycles. The van der Waals surface area contributed by atoms with E-state index in [4.69, 9.17) is 18.9 Å². The summed E-state index contributed by atoms with van der Waals surface area (Å²) in [7, 11) is 3.15. The molecular weight excluding hydrogens is 436 g/mol. The normalized spacial score (nSPS) is 10.4. The minimum absolute atomic E-state index is 0.0536. The van der Waals surface area contributed by atoms with E-state index in [1.165, 1.54) is 0 Å². The number of ether oxygens (including phenoxy) is 4. The van der Waals surface area contributed by atoms with E-state index in [1.807, 2.05) is 38.1 Å². The standard InChI is InChI=1S/C26H36N2O6/c1-19-9-11-21(23(15-19)31-3)33-17-25(29)27-13-7-5-6-8-14-28-26(30)18-34-22-12-10-20(2)16-24(22)32-4/h9-12,15-16H,5-8,13-14,17-18H2,1-4H3,(H,27,29)(H,28,30). The molecule has 34 heavy (non-hydrogen) atoms. The predicted molar refractivity (Wildman–Crippen MR) is 131 cm³/mol. The summed E-state index contributed by atoms with van der Waals surface area (Å²) in [6, 6.07) is 11.1. The number of carbonyl (C=O) groups is 2. The Balaban J connectivity index is 1.49. The number of benzene rings is 2. The highest BCUT2D eigenvalue weighted by Gasteiger charge is 2.09. The molecule has 2 amide bonds. The number of methoxy groups -OCH3 is 2. The van der Waals surface area contributed by atoms with Gasteiger partial charge in [-0.15, -0.1) is 0 Å². The van der Waals surface area contributed by atoms with Gasteiger partial charge in [0, 0.05) is 13.1 Å². The molecule has 0 fully saturated rings. The molecule has 0 saturated heterocycles. The van der Waals surface area contributed by atoms with Crippen molar-refractivity contribution in [1.82, 2.24) is 10.6 Å². The van der Waals surface area contributed by atoms with E-state index in [9.17, 15) is 9.59 Å². The highest BCUT2D eigenvalue weighted by molar-refractivity contribution is 5.78. The number of nitrogens with one attached hydrogen (secondary N) is 2. The molecule has 0 saturated carbocycles. The Kier molecular flexibility index (Phi) is 11.6. The second-order valence-corrected chi connectivity index (χ2v) is 8.00. The molecule has 0 aliphatic heterocycles. The predicted octanol–water partition coefficient (Wildman–Crippen LogP) is 3.57. The van der Waals surface area contributed by atoms with Crippen LogP contribution in [0.3, 0.4) is 0 Å². The Hall–Kier alpha value is -3.42. The van der Waals surface area contributed by atoms with Crippen molar-refractivity contribution in [2.45, 2.75) is 39.5 Å². The molecular formula is C26H36N2O6. The minimum Gasteiger partial charge on any atom is -0.493 e. The summed E-state index contributed by atoms with van der Waals surface area (Å²) in [5.74, 6) is 1.99.